The van der Waals surface area contributed by atoms with Gasteiger partial charge in [0.1, 0.15) is 5.69 Å². The van der Waals surface area contributed by atoms with Crippen molar-refractivity contribution in [2.45, 2.75) is 51.4 Å². The van der Waals surface area contributed by atoms with Gasteiger partial charge in [-0.1, -0.05) is 36.4 Å². The lowest BCUT2D eigenvalue weighted by Gasteiger charge is -2.33. The third-order valence-electron chi connectivity index (χ3n) is 6.88. The molecule has 2 aliphatic heterocycles. The highest BCUT2D eigenvalue weighted by Gasteiger charge is 2.28. The molecule has 6 nitrogen and oxygen atoms in total. The molecule has 0 spiro atoms. The maximum atomic E-state index is 13.5. The number of nitrogens with zero attached hydrogens (tertiary/aromatic N) is 5. The zero-order valence-corrected chi connectivity index (χ0v) is 20.0. The van der Waals surface area contributed by atoms with Gasteiger partial charge in [-0.15, -0.1) is 0 Å². The molecule has 3 aromatic rings. The fraction of sp³-hybridized carbons (Fsp3) is 0.429. The maximum Gasteiger partial charge on any atom is 0.272 e. The topological polar surface area (TPSA) is 62.2 Å². The van der Waals surface area contributed by atoms with Crippen molar-refractivity contribution in [1.29, 1.82) is 0 Å². The fourth-order valence-corrected chi connectivity index (χ4v) is 5.09. The highest BCUT2D eigenvalue weighted by atomic mass is 16.2. The summed E-state index contributed by atoms with van der Waals surface area (Å²) >= 11 is 0. The fourth-order valence-electron chi connectivity index (χ4n) is 5.09. The number of anilines is 1. The molecule has 1 aromatic carbocycles. The van der Waals surface area contributed by atoms with Gasteiger partial charge in [-0.3, -0.25) is 9.78 Å². The lowest BCUT2D eigenvalue weighted by atomic mass is 9.93. The Morgan fingerprint density at radius 1 is 0.912 bits per heavy atom. The van der Waals surface area contributed by atoms with Crippen molar-refractivity contribution in [3.05, 3.63) is 82.9 Å². The van der Waals surface area contributed by atoms with Gasteiger partial charge in [0.2, 0.25) is 5.95 Å². The first-order valence-electron chi connectivity index (χ1n) is 12.6. The van der Waals surface area contributed by atoms with E-state index in [1.54, 1.807) is 0 Å². The number of aryl methyl sites for hydroxylation is 1. The largest absolute Gasteiger partial charge is 0.341 e. The molecule has 0 N–H and O–H groups in total. The quantitative estimate of drug-likeness (QED) is 0.554. The van der Waals surface area contributed by atoms with E-state index < -0.39 is 0 Å². The number of carbonyl (C=O) groups is 1. The number of hydrogen-bond acceptors (Lipinski definition) is 5. The molecule has 1 unspecified atom stereocenters. The summed E-state index contributed by atoms with van der Waals surface area (Å²) in [5, 5.41) is 0. The molecule has 1 atom stereocenters. The average molecular weight is 456 g/mol. The number of piperidine rings is 2. The van der Waals surface area contributed by atoms with E-state index in [1.807, 2.05) is 24.0 Å². The molecule has 4 heterocycles. The number of benzene rings is 1. The number of aromatic nitrogens is 3. The van der Waals surface area contributed by atoms with Gasteiger partial charge < -0.3 is 9.80 Å². The molecule has 0 bridgehead atoms. The SMILES string of the molecule is Cc1cc(C(=O)N2CCCC(c3cccc(Cc4ccccc4)n3)C2)nc(N2CCCCC2)n1. The molecule has 0 saturated carbocycles. The van der Waals surface area contributed by atoms with E-state index in [-0.39, 0.29) is 11.8 Å². The average Bonchev–Trinajstić information content (AvgIpc) is 2.89. The van der Waals surface area contributed by atoms with Crippen LogP contribution in [0.5, 0.6) is 0 Å². The number of likely N-dealkylation sites (tertiary alicyclic amines) is 1. The first-order valence-corrected chi connectivity index (χ1v) is 12.6. The molecule has 2 saturated heterocycles. The van der Waals surface area contributed by atoms with Gasteiger partial charge in [0.25, 0.3) is 5.91 Å². The summed E-state index contributed by atoms with van der Waals surface area (Å²) in [6, 6.07) is 18.6. The highest BCUT2D eigenvalue weighted by Crippen LogP contribution is 2.27. The number of carbonyl (C=O) groups excluding carboxylic acids is 1. The number of amides is 1. The zero-order chi connectivity index (χ0) is 23.3. The minimum atomic E-state index is 0.00824. The Kier molecular flexibility index (Phi) is 6.84. The van der Waals surface area contributed by atoms with Crippen LogP contribution < -0.4 is 4.90 Å². The van der Waals surface area contributed by atoms with Crippen LogP contribution in [0.2, 0.25) is 0 Å². The Morgan fingerprint density at radius 2 is 1.74 bits per heavy atom. The minimum absolute atomic E-state index is 0.00824. The molecule has 6 heteroatoms. The maximum absolute atomic E-state index is 13.5. The van der Waals surface area contributed by atoms with E-state index in [1.165, 1.54) is 12.0 Å². The summed E-state index contributed by atoms with van der Waals surface area (Å²) in [4.78, 5) is 31.9. The van der Waals surface area contributed by atoms with Crippen molar-refractivity contribution < 1.29 is 4.79 Å². The van der Waals surface area contributed by atoms with Crippen LogP contribution in [0.25, 0.3) is 0 Å². The third-order valence-corrected chi connectivity index (χ3v) is 6.88. The standard InChI is InChI=1S/C28H33N5O/c1-21-18-26(31-28(29-21)32-15-6-3-7-16-32)27(34)33-17-9-12-23(20-33)25-14-8-13-24(30-25)19-22-10-4-2-5-11-22/h2,4-5,8,10-11,13-14,18,23H,3,6-7,9,12,15-17,19-20H2,1H3. The van der Waals surface area contributed by atoms with Crippen LogP contribution in [0.15, 0.2) is 54.6 Å². The van der Waals surface area contributed by atoms with Crippen LogP contribution in [0.4, 0.5) is 5.95 Å². The zero-order valence-electron chi connectivity index (χ0n) is 20.0. The van der Waals surface area contributed by atoms with Gasteiger partial charge in [-0.2, -0.15) is 0 Å². The molecule has 34 heavy (non-hydrogen) atoms. The van der Waals surface area contributed by atoms with E-state index in [0.717, 1.165) is 68.8 Å². The van der Waals surface area contributed by atoms with Crippen molar-refractivity contribution in [2.24, 2.45) is 0 Å². The Labute approximate surface area is 202 Å². The Morgan fingerprint density at radius 3 is 2.56 bits per heavy atom. The first kappa shape index (κ1) is 22.5. The second-order valence-corrected chi connectivity index (χ2v) is 9.55. The van der Waals surface area contributed by atoms with Gasteiger partial charge in [0.05, 0.1) is 0 Å². The van der Waals surface area contributed by atoms with Crippen molar-refractivity contribution in [3.63, 3.8) is 0 Å². The lowest BCUT2D eigenvalue weighted by molar-refractivity contribution is 0.0699. The summed E-state index contributed by atoms with van der Waals surface area (Å²) < 4.78 is 0. The molecule has 2 fully saturated rings. The van der Waals surface area contributed by atoms with Crippen LogP contribution in [-0.4, -0.2) is 51.9 Å². The van der Waals surface area contributed by atoms with Crippen molar-refractivity contribution >= 4 is 11.9 Å². The molecular formula is C28H33N5O. The smallest absolute Gasteiger partial charge is 0.272 e. The van der Waals surface area contributed by atoms with E-state index >= 15 is 0 Å². The molecule has 0 aliphatic carbocycles. The third kappa shape index (κ3) is 5.27. The lowest BCUT2D eigenvalue weighted by Crippen LogP contribution is -2.40. The molecule has 1 amide bonds. The number of rotatable bonds is 5. The normalized spacial score (nSPS) is 18.7. The Balaban J connectivity index is 1.30. The molecule has 0 radical (unpaired) electrons. The molecule has 176 valence electrons. The second kappa shape index (κ2) is 10.3. The van der Waals surface area contributed by atoms with E-state index in [9.17, 15) is 4.79 Å². The van der Waals surface area contributed by atoms with Crippen molar-refractivity contribution in [3.8, 4) is 0 Å². The van der Waals surface area contributed by atoms with Gasteiger partial charge >= 0.3 is 0 Å². The summed E-state index contributed by atoms with van der Waals surface area (Å²) in [6.45, 7) is 5.33. The van der Waals surface area contributed by atoms with Crippen molar-refractivity contribution in [1.82, 2.24) is 19.9 Å². The van der Waals surface area contributed by atoms with Crippen LogP contribution in [0.3, 0.4) is 0 Å². The van der Waals surface area contributed by atoms with Crippen molar-refractivity contribution in [2.75, 3.05) is 31.1 Å². The summed E-state index contributed by atoms with van der Waals surface area (Å²) in [5.41, 5.74) is 4.78. The van der Waals surface area contributed by atoms with Gasteiger partial charge in [0.15, 0.2) is 0 Å². The van der Waals surface area contributed by atoms with E-state index in [2.05, 4.69) is 52.3 Å². The highest BCUT2D eigenvalue weighted by molar-refractivity contribution is 5.92. The van der Waals surface area contributed by atoms with Gasteiger partial charge in [-0.25, -0.2) is 9.97 Å². The van der Waals surface area contributed by atoms with Crippen LogP contribution in [-0.2, 0) is 6.42 Å². The monoisotopic (exact) mass is 455 g/mol. The minimum Gasteiger partial charge on any atom is -0.341 e. The summed E-state index contributed by atoms with van der Waals surface area (Å²) in [5.74, 6) is 0.957. The van der Waals surface area contributed by atoms with Crippen LogP contribution in [0.1, 0.15) is 71.2 Å². The second-order valence-electron chi connectivity index (χ2n) is 9.55. The predicted molar refractivity (Wildman–Crippen MR) is 134 cm³/mol. The predicted octanol–water partition coefficient (Wildman–Crippen LogP) is 4.78. The van der Waals surface area contributed by atoms with Crippen LogP contribution >= 0.6 is 0 Å². The van der Waals surface area contributed by atoms with E-state index in [0.29, 0.717) is 18.2 Å². The molecular weight excluding hydrogens is 422 g/mol. The Hall–Kier alpha value is -3.28. The Bertz CT molecular complexity index is 1130. The molecule has 5 rings (SSSR count). The van der Waals surface area contributed by atoms with Gasteiger partial charge in [-0.05, 0) is 62.8 Å². The van der Waals surface area contributed by atoms with Crippen LogP contribution in [0, 0.1) is 6.92 Å². The van der Waals surface area contributed by atoms with Gasteiger partial charge in [0, 0.05) is 55.6 Å². The number of pyridine rings is 1. The molecule has 2 aromatic heterocycles. The first-order chi connectivity index (χ1) is 16.7. The van der Waals surface area contributed by atoms with E-state index in [4.69, 9.17) is 9.97 Å². The summed E-state index contributed by atoms with van der Waals surface area (Å²) in [7, 11) is 0. The summed E-state index contributed by atoms with van der Waals surface area (Å²) in [6.07, 6.45) is 6.42. The molecule has 2 aliphatic rings. The number of hydrogen-bond donors (Lipinski definition) is 0.